The van der Waals surface area contributed by atoms with Crippen LogP contribution < -0.4 is 14.4 Å². The third-order valence-corrected chi connectivity index (χ3v) is 5.86. The van der Waals surface area contributed by atoms with E-state index in [2.05, 4.69) is 5.32 Å². The lowest BCUT2D eigenvalue weighted by molar-refractivity contribution is -0.122. The maximum atomic E-state index is 12.7. The number of halogens is 1. The number of carbonyl (C=O) groups excluding carboxylic acids is 1. The van der Waals surface area contributed by atoms with Gasteiger partial charge in [-0.2, -0.15) is 0 Å². The molecule has 0 saturated heterocycles. The van der Waals surface area contributed by atoms with Crippen molar-refractivity contribution in [3.63, 3.8) is 0 Å². The van der Waals surface area contributed by atoms with Crippen LogP contribution >= 0.6 is 11.6 Å². The number of rotatable bonds is 3. The minimum Gasteiger partial charge on any atom is -0.476 e. The minimum absolute atomic E-state index is 0.105. The number of amides is 1. The van der Waals surface area contributed by atoms with Crippen LogP contribution in [0, 0.1) is 0 Å². The highest BCUT2D eigenvalue weighted by Crippen LogP contribution is 2.38. The second kappa shape index (κ2) is 7.29. The lowest BCUT2D eigenvalue weighted by Crippen LogP contribution is -2.48. The second-order valence-corrected chi connectivity index (χ2v) is 10.2. The van der Waals surface area contributed by atoms with Gasteiger partial charge in [0.1, 0.15) is 5.75 Å². The summed E-state index contributed by atoms with van der Waals surface area (Å²) in [5, 5.41) is 3.21. The van der Waals surface area contributed by atoms with E-state index in [1.807, 2.05) is 32.9 Å². The molecule has 150 valence electrons. The Morgan fingerprint density at radius 2 is 1.93 bits per heavy atom. The molecular formula is C20H23ClN2O4S. The van der Waals surface area contributed by atoms with Crippen LogP contribution in [0.25, 0.3) is 0 Å². The first kappa shape index (κ1) is 20.5. The number of hydrogen-bond acceptors (Lipinski definition) is 4. The minimum atomic E-state index is -3.60. The molecule has 8 heteroatoms. The molecule has 1 aliphatic heterocycles. The average Bonchev–Trinajstić information content (AvgIpc) is 2.58. The molecule has 1 N–H and O–H groups in total. The molecule has 1 aliphatic rings. The van der Waals surface area contributed by atoms with Crippen LogP contribution in [-0.4, -0.2) is 33.2 Å². The van der Waals surface area contributed by atoms with E-state index in [1.54, 1.807) is 30.3 Å². The molecule has 2 aromatic rings. The lowest BCUT2D eigenvalue weighted by Gasteiger charge is -2.35. The molecule has 0 fully saturated rings. The van der Waals surface area contributed by atoms with Crippen molar-refractivity contribution in [2.24, 2.45) is 0 Å². The van der Waals surface area contributed by atoms with Crippen molar-refractivity contribution in [2.45, 2.75) is 32.3 Å². The maximum absolute atomic E-state index is 12.7. The number of nitrogens with one attached hydrogen (secondary N) is 1. The van der Waals surface area contributed by atoms with Gasteiger partial charge in [-0.05, 0) is 41.3 Å². The summed E-state index contributed by atoms with van der Waals surface area (Å²) in [5.74, 6) is -0.0858. The van der Waals surface area contributed by atoms with E-state index >= 15 is 0 Å². The van der Waals surface area contributed by atoms with Gasteiger partial charge in [0.2, 0.25) is 10.0 Å². The van der Waals surface area contributed by atoms with Crippen LogP contribution in [0.2, 0.25) is 5.02 Å². The van der Waals surface area contributed by atoms with E-state index in [-0.39, 0.29) is 12.0 Å². The molecular weight excluding hydrogens is 400 g/mol. The number of nitrogens with zero attached hydrogens (tertiary/aromatic N) is 1. The highest BCUT2D eigenvalue weighted by Gasteiger charge is 2.35. The second-order valence-electron chi connectivity index (χ2n) is 7.83. The number of carbonyl (C=O) groups is 1. The van der Waals surface area contributed by atoms with E-state index in [0.717, 1.165) is 11.8 Å². The van der Waals surface area contributed by atoms with Crippen LogP contribution in [-0.2, 0) is 20.2 Å². The molecule has 28 heavy (non-hydrogen) atoms. The molecule has 0 aliphatic carbocycles. The zero-order valence-corrected chi connectivity index (χ0v) is 17.8. The lowest BCUT2D eigenvalue weighted by atomic mass is 9.86. The first-order valence-electron chi connectivity index (χ1n) is 8.80. The van der Waals surface area contributed by atoms with Gasteiger partial charge in [0.05, 0.1) is 18.5 Å². The van der Waals surface area contributed by atoms with Crippen LogP contribution in [0.3, 0.4) is 0 Å². The van der Waals surface area contributed by atoms with Gasteiger partial charge < -0.3 is 10.1 Å². The zero-order valence-electron chi connectivity index (χ0n) is 16.2. The first-order valence-corrected chi connectivity index (χ1v) is 11.0. The highest BCUT2D eigenvalue weighted by molar-refractivity contribution is 7.92. The van der Waals surface area contributed by atoms with Gasteiger partial charge >= 0.3 is 0 Å². The summed E-state index contributed by atoms with van der Waals surface area (Å²) in [7, 11) is -3.60. The number of hydrogen-bond donors (Lipinski definition) is 1. The summed E-state index contributed by atoms with van der Waals surface area (Å²) in [6, 6.07) is 12.1. The topological polar surface area (TPSA) is 75.7 Å². The molecule has 1 amide bonds. The predicted molar refractivity (Wildman–Crippen MR) is 112 cm³/mol. The Labute approximate surface area is 170 Å². The Hall–Kier alpha value is -2.25. The molecule has 0 saturated carbocycles. The van der Waals surface area contributed by atoms with E-state index in [4.69, 9.17) is 16.3 Å². The predicted octanol–water partition coefficient (Wildman–Crippen LogP) is 3.80. The van der Waals surface area contributed by atoms with Crippen LogP contribution in [0.15, 0.2) is 42.5 Å². The smallest absolute Gasteiger partial charge is 0.267 e. The number of ether oxygens (including phenoxy) is 1. The Bertz CT molecular complexity index is 1020. The van der Waals surface area contributed by atoms with Gasteiger partial charge in [-0.15, -0.1) is 0 Å². The van der Waals surface area contributed by atoms with Gasteiger partial charge in [0.25, 0.3) is 5.91 Å². The highest BCUT2D eigenvalue weighted by atomic mass is 35.5. The Kier molecular flexibility index (Phi) is 5.34. The number of benzene rings is 2. The van der Waals surface area contributed by atoms with Crippen molar-refractivity contribution in [1.82, 2.24) is 0 Å². The first-order chi connectivity index (χ1) is 12.9. The summed E-state index contributed by atoms with van der Waals surface area (Å²) in [6.07, 6.45) is 0.138. The zero-order chi connectivity index (χ0) is 20.7. The normalized spacial score (nSPS) is 16.9. The van der Waals surface area contributed by atoms with E-state index < -0.39 is 22.0 Å². The van der Waals surface area contributed by atoms with Crippen molar-refractivity contribution < 1.29 is 17.9 Å². The monoisotopic (exact) mass is 422 g/mol. The molecule has 0 unspecified atom stereocenters. The van der Waals surface area contributed by atoms with Crippen molar-refractivity contribution >= 4 is 38.9 Å². The third-order valence-electron chi connectivity index (χ3n) is 4.48. The molecule has 2 aromatic carbocycles. The van der Waals surface area contributed by atoms with Gasteiger partial charge in [0, 0.05) is 10.7 Å². The third kappa shape index (κ3) is 4.42. The largest absolute Gasteiger partial charge is 0.476 e. The fraction of sp³-hybridized carbons (Fsp3) is 0.350. The quantitative estimate of drug-likeness (QED) is 0.816. The summed E-state index contributed by atoms with van der Waals surface area (Å²) < 4.78 is 31.9. The molecule has 6 nitrogen and oxygen atoms in total. The van der Waals surface area contributed by atoms with E-state index in [1.165, 1.54) is 4.31 Å². The van der Waals surface area contributed by atoms with Crippen molar-refractivity contribution in [1.29, 1.82) is 0 Å². The fourth-order valence-corrected chi connectivity index (χ4v) is 4.05. The summed E-state index contributed by atoms with van der Waals surface area (Å²) in [5.41, 5.74) is 1.78. The number of sulfonamides is 1. The molecule has 0 spiro atoms. The van der Waals surface area contributed by atoms with Crippen LogP contribution in [0.1, 0.15) is 26.3 Å². The van der Waals surface area contributed by atoms with Crippen molar-refractivity contribution in [3.8, 4) is 5.75 Å². The Balaban J connectivity index is 1.93. The summed E-state index contributed by atoms with van der Waals surface area (Å²) >= 11 is 5.95. The molecule has 3 rings (SSSR count). The molecule has 0 bridgehead atoms. The van der Waals surface area contributed by atoms with Gasteiger partial charge in [-0.3, -0.25) is 9.10 Å². The maximum Gasteiger partial charge on any atom is 0.267 e. The fourth-order valence-electron chi connectivity index (χ4n) is 2.96. The van der Waals surface area contributed by atoms with Crippen LogP contribution in [0.4, 0.5) is 11.4 Å². The van der Waals surface area contributed by atoms with Crippen LogP contribution in [0.5, 0.6) is 5.75 Å². The van der Waals surface area contributed by atoms with Gasteiger partial charge in [0.15, 0.2) is 6.10 Å². The molecule has 1 atom stereocenters. The van der Waals surface area contributed by atoms with Gasteiger partial charge in [-0.1, -0.05) is 44.5 Å². The average molecular weight is 423 g/mol. The Morgan fingerprint density at radius 1 is 1.21 bits per heavy atom. The molecule has 0 aromatic heterocycles. The SMILES string of the molecule is CC(C)(C)c1ccc2c(c1)N(S(C)(=O)=O)C[C@H](C(=O)Nc1cccc(Cl)c1)O2. The van der Waals surface area contributed by atoms with E-state index in [9.17, 15) is 13.2 Å². The van der Waals surface area contributed by atoms with Crippen molar-refractivity contribution in [2.75, 3.05) is 22.4 Å². The van der Waals surface area contributed by atoms with Gasteiger partial charge in [-0.25, -0.2) is 8.42 Å². The number of anilines is 2. The standard InChI is InChI=1S/C20H23ClN2O4S/c1-20(2,3)13-8-9-17-16(10-13)23(28(4,25)26)12-18(27-17)19(24)22-15-7-5-6-14(21)11-15/h5-11,18H,12H2,1-4H3,(H,22,24)/t18-/m1/s1. The summed E-state index contributed by atoms with van der Waals surface area (Å²) in [6.45, 7) is 6.03. The summed E-state index contributed by atoms with van der Waals surface area (Å²) in [4.78, 5) is 12.7. The van der Waals surface area contributed by atoms with Crippen molar-refractivity contribution in [3.05, 3.63) is 53.1 Å². The van der Waals surface area contributed by atoms with E-state index in [0.29, 0.717) is 22.1 Å². The number of fused-ring (bicyclic) bond motifs is 1. The molecule has 1 heterocycles. The molecule has 0 radical (unpaired) electrons. The Morgan fingerprint density at radius 3 is 2.54 bits per heavy atom.